The topological polar surface area (TPSA) is 66.5 Å². The van der Waals surface area contributed by atoms with Gasteiger partial charge in [0.2, 0.25) is 5.91 Å². The number of nitrogens with one attached hydrogen (secondary N) is 1. The summed E-state index contributed by atoms with van der Waals surface area (Å²) in [5.41, 5.74) is 0.959. The van der Waals surface area contributed by atoms with Gasteiger partial charge in [-0.1, -0.05) is 70.5 Å². The van der Waals surface area contributed by atoms with Gasteiger partial charge in [0.25, 0.3) is 10.0 Å². The van der Waals surface area contributed by atoms with Crippen molar-refractivity contribution in [2.24, 2.45) is 0 Å². The Hall–Kier alpha value is -2.64. The number of nitrogens with zero attached hydrogens (tertiary/aromatic N) is 1. The zero-order valence-corrected chi connectivity index (χ0v) is 19.9. The van der Waals surface area contributed by atoms with Gasteiger partial charge in [0.15, 0.2) is 0 Å². The maximum absolute atomic E-state index is 13.4. The number of anilines is 1. The molecule has 0 unspecified atom stereocenters. The van der Waals surface area contributed by atoms with Crippen LogP contribution in [-0.2, 0) is 21.2 Å². The number of sulfonamides is 1. The van der Waals surface area contributed by atoms with Crippen LogP contribution in [-0.4, -0.2) is 26.4 Å². The van der Waals surface area contributed by atoms with E-state index < -0.39 is 15.6 Å². The molecule has 3 aromatic carbocycles. The molecule has 0 atom stereocenters. The minimum atomic E-state index is -3.93. The molecule has 1 amide bonds. The van der Waals surface area contributed by atoms with Crippen LogP contribution in [0.4, 0.5) is 5.69 Å². The van der Waals surface area contributed by atoms with Crippen LogP contribution in [0.3, 0.4) is 0 Å². The van der Waals surface area contributed by atoms with Crippen LogP contribution >= 0.6 is 15.9 Å². The minimum Gasteiger partial charge on any atom is -0.349 e. The third-order valence-electron chi connectivity index (χ3n) is 4.68. The van der Waals surface area contributed by atoms with Crippen LogP contribution in [0.25, 0.3) is 0 Å². The Morgan fingerprint density at radius 1 is 0.935 bits per heavy atom. The van der Waals surface area contributed by atoms with Gasteiger partial charge >= 0.3 is 0 Å². The molecule has 5 nitrogen and oxygen atoms in total. The molecule has 0 aliphatic carbocycles. The monoisotopic (exact) mass is 500 g/mol. The number of amides is 1. The highest BCUT2D eigenvalue weighted by Gasteiger charge is 2.29. The lowest BCUT2D eigenvalue weighted by molar-refractivity contribution is -0.121. The van der Waals surface area contributed by atoms with Crippen LogP contribution in [0, 0.1) is 0 Å². The molecule has 0 saturated heterocycles. The Labute approximate surface area is 192 Å². The zero-order chi connectivity index (χ0) is 22.5. The fraction of sp³-hybridized carbons (Fsp3) is 0.208. The molecule has 0 aliphatic heterocycles. The smallest absolute Gasteiger partial charge is 0.264 e. The van der Waals surface area contributed by atoms with E-state index in [0.717, 1.165) is 14.3 Å². The van der Waals surface area contributed by atoms with E-state index in [-0.39, 0.29) is 17.3 Å². The third-order valence-corrected chi connectivity index (χ3v) is 6.96. The lowest BCUT2D eigenvalue weighted by Gasteiger charge is -2.29. The van der Waals surface area contributed by atoms with Crippen LogP contribution < -0.4 is 9.62 Å². The van der Waals surface area contributed by atoms with Crippen LogP contribution in [0.15, 0.2) is 94.3 Å². The van der Waals surface area contributed by atoms with Crippen molar-refractivity contribution < 1.29 is 13.2 Å². The van der Waals surface area contributed by atoms with E-state index >= 15 is 0 Å². The summed E-state index contributed by atoms with van der Waals surface area (Å²) in [4.78, 5) is 13.1. The summed E-state index contributed by atoms with van der Waals surface area (Å²) in [6, 6.07) is 24.9. The van der Waals surface area contributed by atoms with E-state index in [1.54, 1.807) is 42.5 Å². The van der Waals surface area contributed by atoms with Crippen molar-refractivity contribution in [1.29, 1.82) is 0 Å². The van der Waals surface area contributed by atoms with Gasteiger partial charge in [-0.15, -0.1) is 0 Å². The van der Waals surface area contributed by atoms with Gasteiger partial charge in [0.05, 0.1) is 10.6 Å². The van der Waals surface area contributed by atoms with Crippen molar-refractivity contribution in [2.45, 2.75) is 30.7 Å². The van der Waals surface area contributed by atoms with E-state index in [9.17, 15) is 13.2 Å². The fourth-order valence-corrected chi connectivity index (χ4v) is 5.18. The standard InChI is InChI=1S/C24H25BrN2O3S/c1-24(2,17-19-10-5-3-6-11-19)26-23(28)18-27(21-13-9-12-20(25)16-21)31(29,30)22-14-7-4-8-15-22/h3-16H,17-18H2,1-2H3,(H,26,28). The van der Waals surface area contributed by atoms with Crippen molar-refractivity contribution in [1.82, 2.24) is 5.32 Å². The van der Waals surface area contributed by atoms with Crippen molar-refractivity contribution in [3.63, 3.8) is 0 Å². The molecular weight excluding hydrogens is 476 g/mol. The van der Waals surface area contributed by atoms with Gasteiger partial charge in [-0.05, 0) is 56.2 Å². The lowest BCUT2D eigenvalue weighted by atomic mass is 9.95. The van der Waals surface area contributed by atoms with Crippen molar-refractivity contribution in [2.75, 3.05) is 10.8 Å². The van der Waals surface area contributed by atoms with Gasteiger partial charge in [-0.3, -0.25) is 9.10 Å². The highest BCUT2D eigenvalue weighted by Crippen LogP contribution is 2.26. The summed E-state index contributed by atoms with van der Waals surface area (Å²) in [6.45, 7) is 3.52. The molecule has 0 heterocycles. The Bertz CT molecular complexity index is 1130. The summed E-state index contributed by atoms with van der Waals surface area (Å²) >= 11 is 3.38. The van der Waals surface area contributed by atoms with Crippen LogP contribution in [0.5, 0.6) is 0 Å². The molecule has 0 radical (unpaired) electrons. The minimum absolute atomic E-state index is 0.131. The molecule has 31 heavy (non-hydrogen) atoms. The van der Waals surface area contributed by atoms with E-state index in [2.05, 4.69) is 21.2 Å². The molecule has 1 N–H and O–H groups in total. The largest absolute Gasteiger partial charge is 0.349 e. The number of rotatable bonds is 8. The summed E-state index contributed by atoms with van der Waals surface area (Å²) in [5, 5.41) is 2.99. The molecule has 0 bridgehead atoms. The van der Waals surface area contributed by atoms with Crippen LogP contribution in [0.2, 0.25) is 0 Å². The first-order chi connectivity index (χ1) is 14.7. The number of carbonyl (C=O) groups is 1. The summed E-state index contributed by atoms with van der Waals surface area (Å²) in [5.74, 6) is -0.375. The first-order valence-electron chi connectivity index (χ1n) is 9.86. The van der Waals surface area contributed by atoms with E-state index in [1.807, 2.05) is 44.2 Å². The number of benzene rings is 3. The number of hydrogen-bond acceptors (Lipinski definition) is 3. The van der Waals surface area contributed by atoms with E-state index in [4.69, 9.17) is 0 Å². The van der Waals surface area contributed by atoms with Gasteiger partial charge in [-0.25, -0.2) is 8.42 Å². The maximum atomic E-state index is 13.4. The van der Waals surface area contributed by atoms with Gasteiger partial charge < -0.3 is 5.32 Å². The third kappa shape index (κ3) is 6.18. The number of hydrogen-bond donors (Lipinski definition) is 1. The normalized spacial score (nSPS) is 11.7. The summed E-state index contributed by atoms with van der Waals surface area (Å²) < 4.78 is 28.6. The van der Waals surface area contributed by atoms with Crippen molar-refractivity contribution >= 4 is 37.5 Å². The quantitative estimate of drug-likeness (QED) is 0.483. The Balaban J connectivity index is 1.86. The Morgan fingerprint density at radius 2 is 1.55 bits per heavy atom. The Morgan fingerprint density at radius 3 is 2.16 bits per heavy atom. The molecule has 7 heteroatoms. The first-order valence-corrected chi connectivity index (χ1v) is 12.1. The van der Waals surface area contributed by atoms with Crippen molar-refractivity contribution in [3.8, 4) is 0 Å². The molecule has 0 spiro atoms. The molecule has 3 aromatic rings. The van der Waals surface area contributed by atoms with Gasteiger partial charge in [-0.2, -0.15) is 0 Å². The van der Waals surface area contributed by atoms with Crippen molar-refractivity contribution in [3.05, 3.63) is 95.0 Å². The number of halogens is 1. The average molecular weight is 501 g/mol. The first kappa shape index (κ1) is 23.0. The number of carbonyl (C=O) groups excluding carboxylic acids is 1. The maximum Gasteiger partial charge on any atom is 0.264 e. The highest BCUT2D eigenvalue weighted by molar-refractivity contribution is 9.10. The van der Waals surface area contributed by atoms with E-state index in [0.29, 0.717) is 12.1 Å². The second kappa shape index (κ2) is 9.66. The SMILES string of the molecule is CC(C)(Cc1ccccc1)NC(=O)CN(c1cccc(Br)c1)S(=O)(=O)c1ccccc1. The molecule has 0 aromatic heterocycles. The second-order valence-electron chi connectivity index (χ2n) is 7.90. The second-order valence-corrected chi connectivity index (χ2v) is 10.7. The predicted molar refractivity (Wildman–Crippen MR) is 127 cm³/mol. The molecule has 0 fully saturated rings. The summed E-state index contributed by atoms with van der Waals surface area (Å²) in [6.07, 6.45) is 0.627. The highest BCUT2D eigenvalue weighted by atomic mass is 79.9. The zero-order valence-electron chi connectivity index (χ0n) is 17.5. The van der Waals surface area contributed by atoms with Gasteiger partial charge in [0, 0.05) is 10.0 Å². The molecule has 162 valence electrons. The molecular formula is C24H25BrN2O3S. The van der Waals surface area contributed by atoms with Gasteiger partial charge in [0.1, 0.15) is 6.54 Å². The predicted octanol–water partition coefficient (Wildman–Crippen LogP) is 4.78. The molecule has 0 aliphatic rings. The summed E-state index contributed by atoms with van der Waals surface area (Å²) in [7, 11) is -3.93. The molecule has 3 rings (SSSR count). The molecule has 0 saturated carbocycles. The van der Waals surface area contributed by atoms with E-state index in [1.165, 1.54) is 12.1 Å². The lowest BCUT2D eigenvalue weighted by Crippen LogP contribution is -2.50. The Kier molecular flexibility index (Phi) is 7.18. The average Bonchev–Trinajstić information content (AvgIpc) is 2.72. The van der Waals surface area contributed by atoms with Crippen LogP contribution in [0.1, 0.15) is 19.4 Å². The fourth-order valence-electron chi connectivity index (χ4n) is 3.36.